The van der Waals surface area contributed by atoms with E-state index in [-0.39, 0.29) is 46.5 Å². The summed E-state index contributed by atoms with van der Waals surface area (Å²) < 4.78 is 54.7. The van der Waals surface area contributed by atoms with Crippen molar-refractivity contribution in [3.8, 4) is 11.4 Å². The second-order valence-electron chi connectivity index (χ2n) is 9.86. The third-order valence-electron chi connectivity index (χ3n) is 6.96. The highest BCUT2D eigenvalue weighted by atomic mass is 32.2. The van der Waals surface area contributed by atoms with Crippen LogP contribution >= 0.6 is 0 Å². The highest BCUT2D eigenvalue weighted by Crippen LogP contribution is 2.43. The van der Waals surface area contributed by atoms with E-state index in [1.165, 1.54) is 12.1 Å². The second-order valence-corrected chi connectivity index (χ2v) is 11.8. The molecule has 2 aliphatic heterocycles. The van der Waals surface area contributed by atoms with E-state index in [4.69, 9.17) is 14.0 Å². The number of nitrogens with zero attached hydrogens (tertiary/aromatic N) is 3. The van der Waals surface area contributed by atoms with Crippen molar-refractivity contribution in [3.05, 3.63) is 29.9 Å². The van der Waals surface area contributed by atoms with Gasteiger partial charge in [-0.15, -0.1) is 0 Å². The normalized spacial score (nSPS) is 26.4. The number of piperidine rings is 1. The molecule has 0 spiro atoms. The molecule has 3 unspecified atom stereocenters. The first-order chi connectivity index (χ1) is 16.0. The molecule has 9 nitrogen and oxygen atoms in total. The smallest absolute Gasteiger partial charge is 0.410 e. The zero-order valence-corrected chi connectivity index (χ0v) is 20.2. The molecule has 3 fully saturated rings. The van der Waals surface area contributed by atoms with Crippen LogP contribution in [0.5, 0.6) is 0 Å². The lowest BCUT2D eigenvalue weighted by Crippen LogP contribution is -2.49. The molecule has 3 aliphatic rings. The van der Waals surface area contributed by atoms with Crippen molar-refractivity contribution in [2.24, 2.45) is 0 Å². The highest BCUT2D eigenvalue weighted by molar-refractivity contribution is 7.90. The molecule has 34 heavy (non-hydrogen) atoms. The van der Waals surface area contributed by atoms with E-state index in [9.17, 15) is 17.6 Å². The van der Waals surface area contributed by atoms with Gasteiger partial charge < -0.3 is 18.9 Å². The number of hydrogen-bond donors (Lipinski definition) is 0. The van der Waals surface area contributed by atoms with Gasteiger partial charge in [0.25, 0.3) is 5.89 Å². The standard InChI is InChI=1S/C23H28FN3O6S/c1-13(21-25-20(26-33-21)14-4-7-19(18(24)10-14)34(3,29)30)31-17-11-15-5-6-16(12-17)27(15)22(28)32-23(2)8-9-23/h4,7,10,13,15-17H,5-6,8-9,11-12H2,1-3H3. The number of carbonyl (C=O) groups excluding carboxylic acids is 1. The SMILES string of the molecule is CC(OC1CC2CCC(C1)N2C(=O)OC1(C)CC1)c1nc(-c2ccc(S(C)(=O)=O)c(F)c2)no1. The third-order valence-corrected chi connectivity index (χ3v) is 8.09. The van der Waals surface area contributed by atoms with Crippen LogP contribution in [0.1, 0.15) is 64.4 Å². The fourth-order valence-electron chi connectivity index (χ4n) is 4.88. The number of fused-ring (bicyclic) bond motifs is 2. The molecular weight excluding hydrogens is 465 g/mol. The van der Waals surface area contributed by atoms with Gasteiger partial charge in [0.15, 0.2) is 9.84 Å². The Bertz CT molecular complexity index is 1200. The zero-order chi connectivity index (χ0) is 24.3. The maximum Gasteiger partial charge on any atom is 0.410 e. The van der Waals surface area contributed by atoms with Crippen LogP contribution in [-0.4, -0.2) is 59.6 Å². The minimum absolute atomic E-state index is 0.0603. The predicted molar refractivity (Wildman–Crippen MR) is 118 cm³/mol. The van der Waals surface area contributed by atoms with Crippen molar-refractivity contribution < 1.29 is 31.6 Å². The Morgan fingerprint density at radius 1 is 1.26 bits per heavy atom. The molecule has 5 rings (SSSR count). The molecule has 0 radical (unpaired) electrons. The van der Waals surface area contributed by atoms with E-state index >= 15 is 0 Å². The first-order valence-electron chi connectivity index (χ1n) is 11.5. The Morgan fingerprint density at radius 3 is 2.53 bits per heavy atom. The van der Waals surface area contributed by atoms with E-state index in [0.29, 0.717) is 18.4 Å². The summed E-state index contributed by atoms with van der Waals surface area (Å²) in [6, 6.07) is 3.90. The number of carbonyl (C=O) groups is 1. The number of benzene rings is 1. The maximum atomic E-state index is 14.2. The Balaban J connectivity index is 1.22. The van der Waals surface area contributed by atoms with Gasteiger partial charge in [-0.2, -0.15) is 4.98 Å². The van der Waals surface area contributed by atoms with Gasteiger partial charge in [-0.1, -0.05) is 5.16 Å². The van der Waals surface area contributed by atoms with Gasteiger partial charge >= 0.3 is 6.09 Å². The number of halogens is 1. The molecule has 0 N–H and O–H groups in total. The predicted octanol–water partition coefficient (Wildman–Crippen LogP) is 4.04. The number of amides is 1. The van der Waals surface area contributed by atoms with Crippen molar-refractivity contribution >= 4 is 15.9 Å². The van der Waals surface area contributed by atoms with E-state index < -0.39 is 21.8 Å². The molecule has 2 saturated heterocycles. The van der Waals surface area contributed by atoms with Gasteiger partial charge in [0.1, 0.15) is 22.4 Å². The van der Waals surface area contributed by atoms with E-state index in [2.05, 4.69) is 10.1 Å². The van der Waals surface area contributed by atoms with Crippen LogP contribution in [-0.2, 0) is 19.3 Å². The van der Waals surface area contributed by atoms with Crippen molar-refractivity contribution in [1.29, 1.82) is 0 Å². The first-order valence-corrected chi connectivity index (χ1v) is 13.4. The number of aromatic nitrogens is 2. The van der Waals surface area contributed by atoms with Crippen molar-refractivity contribution in [2.75, 3.05) is 6.26 Å². The summed E-state index contributed by atoms with van der Waals surface area (Å²) in [5.41, 5.74) is 0.0172. The van der Waals surface area contributed by atoms with Crippen molar-refractivity contribution in [2.45, 2.75) is 87.2 Å². The lowest BCUT2D eigenvalue weighted by molar-refractivity contribution is -0.0652. The third kappa shape index (κ3) is 4.55. The molecule has 1 aromatic carbocycles. The topological polar surface area (TPSA) is 112 Å². The summed E-state index contributed by atoms with van der Waals surface area (Å²) in [6.07, 6.45) is 5.33. The molecule has 2 bridgehead atoms. The molecule has 1 aliphatic carbocycles. The molecule has 11 heteroatoms. The zero-order valence-electron chi connectivity index (χ0n) is 19.4. The van der Waals surface area contributed by atoms with Gasteiger partial charge in [0.05, 0.1) is 6.10 Å². The lowest BCUT2D eigenvalue weighted by atomic mass is 10.00. The van der Waals surface area contributed by atoms with Gasteiger partial charge in [0, 0.05) is 23.9 Å². The molecule has 3 heterocycles. The van der Waals surface area contributed by atoms with E-state index in [1.807, 2.05) is 11.8 Å². The van der Waals surface area contributed by atoms with Gasteiger partial charge in [-0.25, -0.2) is 17.6 Å². The summed E-state index contributed by atoms with van der Waals surface area (Å²) in [4.78, 5) is 18.5. The van der Waals surface area contributed by atoms with Crippen LogP contribution in [0.25, 0.3) is 11.4 Å². The van der Waals surface area contributed by atoms with E-state index in [0.717, 1.165) is 38.0 Å². The van der Waals surface area contributed by atoms with Gasteiger partial charge in [-0.3, -0.25) is 0 Å². The summed E-state index contributed by atoms with van der Waals surface area (Å²) in [6.45, 7) is 3.78. The highest BCUT2D eigenvalue weighted by Gasteiger charge is 2.49. The minimum atomic E-state index is -3.67. The van der Waals surface area contributed by atoms with Crippen LogP contribution in [0.2, 0.25) is 0 Å². The Kier molecular flexibility index (Phi) is 5.67. The minimum Gasteiger partial charge on any atom is -0.443 e. The average molecular weight is 494 g/mol. The second kappa shape index (κ2) is 8.30. The summed E-state index contributed by atoms with van der Waals surface area (Å²) in [5, 5.41) is 3.90. The number of hydrogen-bond acceptors (Lipinski definition) is 8. The molecule has 2 aromatic rings. The molecular formula is C23H28FN3O6S. The summed E-state index contributed by atoms with van der Waals surface area (Å²) in [7, 11) is -3.67. The van der Waals surface area contributed by atoms with Crippen LogP contribution in [0.4, 0.5) is 9.18 Å². The van der Waals surface area contributed by atoms with Crippen LogP contribution in [0.15, 0.2) is 27.6 Å². The van der Waals surface area contributed by atoms with Crippen molar-refractivity contribution in [1.82, 2.24) is 15.0 Å². The fraction of sp³-hybridized carbons (Fsp3) is 0.609. The monoisotopic (exact) mass is 493 g/mol. The van der Waals surface area contributed by atoms with Crippen molar-refractivity contribution in [3.63, 3.8) is 0 Å². The molecule has 1 saturated carbocycles. The van der Waals surface area contributed by atoms with E-state index in [1.54, 1.807) is 6.92 Å². The Morgan fingerprint density at radius 2 is 1.94 bits per heavy atom. The Labute approximate surface area is 197 Å². The van der Waals surface area contributed by atoms with Gasteiger partial charge in [-0.05, 0) is 70.6 Å². The van der Waals surface area contributed by atoms with Gasteiger partial charge in [0.2, 0.25) is 5.82 Å². The quantitative estimate of drug-likeness (QED) is 0.593. The number of ether oxygens (including phenoxy) is 2. The molecule has 1 amide bonds. The molecule has 184 valence electrons. The molecule has 3 atom stereocenters. The lowest BCUT2D eigenvalue weighted by Gasteiger charge is -2.39. The average Bonchev–Trinajstić information content (AvgIpc) is 3.17. The van der Waals surface area contributed by atoms with Crippen LogP contribution in [0.3, 0.4) is 0 Å². The maximum absolute atomic E-state index is 14.2. The fourth-order valence-corrected chi connectivity index (χ4v) is 5.61. The number of rotatable bonds is 6. The Hall–Kier alpha value is -2.53. The summed E-state index contributed by atoms with van der Waals surface area (Å²) in [5.74, 6) is -0.471. The summed E-state index contributed by atoms with van der Waals surface area (Å²) >= 11 is 0. The number of sulfone groups is 1. The van der Waals surface area contributed by atoms with Crippen LogP contribution in [0, 0.1) is 5.82 Å². The van der Waals surface area contributed by atoms with Crippen LogP contribution < -0.4 is 0 Å². The molecule has 1 aromatic heterocycles. The largest absolute Gasteiger partial charge is 0.443 e. The first kappa shape index (κ1) is 23.2.